The van der Waals surface area contributed by atoms with Crippen molar-refractivity contribution in [3.63, 3.8) is 0 Å². The molecule has 1 aromatic carbocycles. The Bertz CT molecular complexity index is 432. The highest BCUT2D eigenvalue weighted by Gasteiger charge is 2.13. The first-order valence-electron chi connectivity index (χ1n) is 5.82. The van der Waals surface area contributed by atoms with Crippen molar-refractivity contribution in [2.24, 2.45) is 0 Å². The number of nitrogens with zero attached hydrogens (tertiary/aromatic N) is 1. The van der Waals surface area contributed by atoms with E-state index in [9.17, 15) is 9.59 Å². The van der Waals surface area contributed by atoms with Gasteiger partial charge in [0, 0.05) is 38.3 Å². The van der Waals surface area contributed by atoms with E-state index < -0.39 is 0 Å². The summed E-state index contributed by atoms with van der Waals surface area (Å²) in [6.07, 6.45) is 0. The van der Waals surface area contributed by atoms with Crippen LogP contribution in [0.1, 0.15) is 20.7 Å². The number of likely N-dealkylation sites (N-methyl/N-ethyl adjacent to an activating group) is 2. The highest BCUT2D eigenvalue weighted by Crippen LogP contribution is 2.07. The standard InChI is InChI=1S/C13H19N3O2/c1-14-7-8-16(3)13(18)11-6-4-5-10(9-11)12(17)15-2/h4-6,9,14H,7-8H2,1-3H3,(H,15,17). The number of carbonyl (C=O) groups is 2. The van der Waals surface area contributed by atoms with Crippen LogP contribution in [0.3, 0.4) is 0 Å². The monoisotopic (exact) mass is 249 g/mol. The Kier molecular flexibility index (Phi) is 5.32. The molecule has 2 N–H and O–H groups in total. The summed E-state index contributed by atoms with van der Waals surface area (Å²) in [6.45, 7) is 1.36. The SMILES string of the molecule is CNCCN(C)C(=O)c1cccc(C(=O)NC)c1. The molecular formula is C13H19N3O2. The van der Waals surface area contributed by atoms with E-state index in [4.69, 9.17) is 0 Å². The van der Waals surface area contributed by atoms with E-state index in [2.05, 4.69) is 10.6 Å². The van der Waals surface area contributed by atoms with Crippen LogP contribution < -0.4 is 10.6 Å². The molecule has 2 amide bonds. The molecule has 5 heteroatoms. The van der Waals surface area contributed by atoms with Crippen LogP contribution in [0.25, 0.3) is 0 Å². The van der Waals surface area contributed by atoms with E-state index >= 15 is 0 Å². The topological polar surface area (TPSA) is 61.4 Å². The molecule has 0 atom stereocenters. The second-order valence-electron chi connectivity index (χ2n) is 3.99. The van der Waals surface area contributed by atoms with Gasteiger partial charge in [-0.05, 0) is 25.2 Å². The van der Waals surface area contributed by atoms with Crippen molar-refractivity contribution in [1.29, 1.82) is 0 Å². The smallest absolute Gasteiger partial charge is 0.253 e. The maximum atomic E-state index is 12.1. The van der Waals surface area contributed by atoms with Crippen molar-refractivity contribution < 1.29 is 9.59 Å². The van der Waals surface area contributed by atoms with Gasteiger partial charge in [-0.2, -0.15) is 0 Å². The Balaban J connectivity index is 2.83. The van der Waals surface area contributed by atoms with Gasteiger partial charge >= 0.3 is 0 Å². The van der Waals surface area contributed by atoms with Crippen LogP contribution in [0.4, 0.5) is 0 Å². The van der Waals surface area contributed by atoms with E-state index in [1.165, 1.54) is 0 Å². The quantitative estimate of drug-likeness (QED) is 0.791. The van der Waals surface area contributed by atoms with Crippen molar-refractivity contribution in [1.82, 2.24) is 15.5 Å². The lowest BCUT2D eigenvalue weighted by atomic mass is 10.1. The van der Waals surface area contributed by atoms with Crippen molar-refractivity contribution >= 4 is 11.8 Å². The number of carbonyl (C=O) groups excluding carboxylic acids is 2. The minimum Gasteiger partial charge on any atom is -0.355 e. The van der Waals surface area contributed by atoms with E-state index in [1.54, 1.807) is 43.3 Å². The molecule has 5 nitrogen and oxygen atoms in total. The molecule has 1 rings (SSSR count). The number of benzene rings is 1. The minimum atomic E-state index is -0.192. The van der Waals surface area contributed by atoms with Crippen LogP contribution in [0.2, 0.25) is 0 Å². The van der Waals surface area contributed by atoms with Crippen molar-refractivity contribution in [3.8, 4) is 0 Å². The minimum absolute atomic E-state index is 0.0870. The molecule has 0 saturated carbocycles. The largest absolute Gasteiger partial charge is 0.355 e. The Hall–Kier alpha value is -1.88. The predicted octanol–water partition coefficient (Wildman–Crippen LogP) is 0.338. The third-order valence-corrected chi connectivity index (χ3v) is 2.64. The summed E-state index contributed by atoms with van der Waals surface area (Å²) in [4.78, 5) is 25.2. The zero-order valence-corrected chi connectivity index (χ0v) is 11.0. The zero-order valence-electron chi connectivity index (χ0n) is 11.0. The summed E-state index contributed by atoms with van der Waals surface area (Å²) in [6, 6.07) is 6.72. The van der Waals surface area contributed by atoms with Crippen LogP contribution in [-0.2, 0) is 0 Å². The maximum absolute atomic E-state index is 12.1. The van der Waals surface area contributed by atoms with Gasteiger partial charge in [0.25, 0.3) is 11.8 Å². The van der Waals surface area contributed by atoms with Crippen LogP contribution in [0.5, 0.6) is 0 Å². The summed E-state index contributed by atoms with van der Waals surface area (Å²) in [5, 5.41) is 5.52. The highest BCUT2D eigenvalue weighted by atomic mass is 16.2. The van der Waals surface area contributed by atoms with Gasteiger partial charge in [0.15, 0.2) is 0 Å². The summed E-state index contributed by atoms with van der Waals surface area (Å²) in [7, 11) is 5.15. The molecule has 0 fully saturated rings. The summed E-state index contributed by atoms with van der Waals surface area (Å²) in [5.41, 5.74) is 1.01. The first-order valence-corrected chi connectivity index (χ1v) is 5.82. The molecule has 0 radical (unpaired) electrons. The molecule has 98 valence electrons. The van der Waals surface area contributed by atoms with E-state index in [-0.39, 0.29) is 11.8 Å². The Morgan fingerprint density at radius 3 is 2.50 bits per heavy atom. The number of rotatable bonds is 5. The summed E-state index contributed by atoms with van der Waals surface area (Å²) in [5.74, 6) is -0.279. The van der Waals surface area contributed by atoms with Gasteiger partial charge in [-0.25, -0.2) is 0 Å². The maximum Gasteiger partial charge on any atom is 0.253 e. The third-order valence-electron chi connectivity index (χ3n) is 2.64. The van der Waals surface area contributed by atoms with Gasteiger partial charge in [-0.1, -0.05) is 6.07 Å². The number of hydrogen-bond donors (Lipinski definition) is 2. The molecule has 0 bridgehead atoms. The lowest BCUT2D eigenvalue weighted by Crippen LogP contribution is -2.33. The van der Waals surface area contributed by atoms with E-state index in [1.807, 2.05) is 7.05 Å². The first-order chi connectivity index (χ1) is 8.60. The molecule has 0 aliphatic heterocycles. The van der Waals surface area contributed by atoms with E-state index in [0.29, 0.717) is 17.7 Å². The molecule has 0 aromatic heterocycles. The number of hydrogen-bond acceptors (Lipinski definition) is 3. The fourth-order valence-corrected chi connectivity index (χ4v) is 1.54. The van der Waals surface area contributed by atoms with Crippen molar-refractivity contribution in [2.75, 3.05) is 34.2 Å². The lowest BCUT2D eigenvalue weighted by Gasteiger charge is -2.17. The second kappa shape index (κ2) is 6.76. The van der Waals surface area contributed by atoms with Gasteiger partial charge < -0.3 is 15.5 Å². The summed E-state index contributed by atoms with van der Waals surface area (Å²) < 4.78 is 0. The molecule has 0 aliphatic rings. The normalized spacial score (nSPS) is 9.94. The lowest BCUT2D eigenvalue weighted by molar-refractivity contribution is 0.0797. The Morgan fingerprint density at radius 2 is 1.89 bits per heavy atom. The number of nitrogens with one attached hydrogen (secondary N) is 2. The van der Waals surface area contributed by atoms with Gasteiger partial charge in [0.2, 0.25) is 0 Å². The van der Waals surface area contributed by atoms with Gasteiger partial charge in [0.1, 0.15) is 0 Å². The fraction of sp³-hybridized carbons (Fsp3) is 0.385. The van der Waals surface area contributed by atoms with Crippen LogP contribution in [0, 0.1) is 0 Å². The average molecular weight is 249 g/mol. The second-order valence-corrected chi connectivity index (χ2v) is 3.99. The van der Waals surface area contributed by atoms with Crippen LogP contribution in [0.15, 0.2) is 24.3 Å². The molecule has 0 spiro atoms. The molecule has 18 heavy (non-hydrogen) atoms. The van der Waals surface area contributed by atoms with E-state index in [0.717, 1.165) is 6.54 Å². The first kappa shape index (κ1) is 14.2. The molecular weight excluding hydrogens is 230 g/mol. The van der Waals surface area contributed by atoms with Gasteiger partial charge in [-0.15, -0.1) is 0 Å². The molecule has 0 saturated heterocycles. The molecule has 1 aromatic rings. The average Bonchev–Trinajstić information content (AvgIpc) is 2.43. The Labute approximate surface area is 107 Å². The zero-order chi connectivity index (χ0) is 13.5. The predicted molar refractivity (Wildman–Crippen MR) is 70.7 cm³/mol. The third kappa shape index (κ3) is 3.56. The molecule has 0 aliphatic carbocycles. The number of amides is 2. The van der Waals surface area contributed by atoms with Crippen molar-refractivity contribution in [2.45, 2.75) is 0 Å². The summed E-state index contributed by atoms with van der Waals surface area (Å²) >= 11 is 0. The Morgan fingerprint density at radius 1 is 1.22 bits per heavy atom. The molecule has 0 heterocycles. The fourth-order valence-electron chi connectivity index (χ4n) is 1.54. The van der Waals surface area contributed by atoms with Crippen LogP contribution >= 0.6 is 0 Å². The highest BCUT2D eigenvalue weighted by molar-refractivity contribution is 5.99. The van der Waals surface area contributed by atoms with Crippen LogP contribution in [-0.4, -0.2) is 50.9 Å². The van der Waals surface area contributed by atoms with Gasteiger partial charge in [0.05, 0.1) is 0 Å². The molecule has 0 unspecified atom stereocenters. The van der Waals surface area contributed by atoms with Gasteiger partial charge in [-0.3, -0.25) is 9.59 Å². The van der Waals surface area contributed by atoms with Crippen molar-refractivity contribution in [3.05, 3.63) is 35.4 Å².